The predicted octanol–water partition coefficient (Wildman–Crippen LogP) is 13.6. The molecule has 2 saturated carbocycles. The molecule has 0 saturated heterocycles. The Morgan fingerprint density at radius 1 is 0.442 bits per heavy atom. The first-order valence-corrected chi connectivity index (χ1v) is 20.1. The fraction of sp³-hybridized carbons (Fsp3) is 0.905. The topological polar surface area (TPSA) is 9.23 Å². The molecule has 248 valence electrons. The minimum Gasteiger partial charge on any atom is -0.373 e. The molecular formula is C42H74O. The van der Waals surface area contributed by atoms with Crippen LogP contribution in [0.15, 0.2) is 23.3 Å². The third-order valence-corrected chi connectivity index (χ3v) is 12.6. The standard InChI is InChI=1S/C42H74O/c1-3-5-7-9-11-35-13-17-37(18-14-35)21-23-39-25-29-41(30-26-39)33-43-34-42-31-27-40(28-32-42)24-22-38-19-15-36(16-20-38)12-10-8-6-4-2/h29,31,35-40H,3-28,30,32-34H2,1-2H3. The molecule has 2 unspecified atom stereocenters. The third kappa shape index (κ3) is 14.2. The second kappa shape index (κ2) is 21.3. The summed E-state index contributed by atoms with van der Waals surface area (Å²) in [5, 5.41) is 0. The van der Waals surface area contributed by atoms with E-state index in [2.05, 4.69) is 26.0 Å². The van der Waals surface area contributed by atoms with Gasteiger partial charge in [0.2, 0.25) is 0 Å². The summed E-state index contributed by atoms with van der Waals surface area (Å²) >= 11 is 0. The van der Waals surface area contributed by atoms with Crippen molar-refractivity contribution in [2.45, 2.75) is 194 Å². The molecule has 2 fully saturated rings. The fourth-order valence-corrected chi connectivity index (χ4v) is 9.27. The predicted molar refractivity (Wildman–Crippen MR) is 189 cm³/mol. The van der Waals surface area contributed by atoms with Gasteiger partial charge in [-0.3, -0.25) is 0 Å². The van der Waals surface area contributed by atoms with E-state index >= 15 is 0 Å². The maximum atomic E-state index is 6.26. The van der Waals surface area contributed by atoms with Gasteiger partial charge < -0.3 is 4.74 Å². The van der Waals surface area contributed by atoms with Crippen molar-refractivity contribution in [1.29, 1.82) is 0 Å². The Morgan fingerprint density at radius 3 is 1.16 bits per heavy atom. The van der Waals surface area contributed by atoms with Gasteiger partial charge in [0.05, 0.1) is 13.2 Å². The number of allylic oxidation sites excluding steroid dienone is 2. The summed E-state index contributed by atoms with van der Waals surface area (Å²) in [5.74, 6) is 6.08. The molecule has 1 heteroatoms. The van der Waals surface area contributed by atoms with Crippen LogP contribution >= 0.6 is 0 Å². The fourth-order valence-electron chi connectivity index (χ4n) is 9.27. The van der Waals surface area contributed by atoms with Gasteiger partial charge in [-0.15, -0.1) is 0 Å². The van der Waals surface area contributed by atoms with Gasteiger partial charge in [0.25, 0.3) is 0 Å². The SMILES string of the molecule is CCCCCCC1CCC(CCC2CC=C(COCC3=CCC(CCC4CCC(CCCCCC)CC4)CC3)CC2)CC1. The molecule has 0 aromatic heterocycles. The van der Waals surface area contributed by atoms with Gasteiger partial charge >= 0.3 is 0 Å². The van der Waals surface area contributed by atoms with Crippen molar-refractivity contribution in [2.75, 3.05) is 13.2 Å². The highest BCUT2D eigenvalue weighted by molar-refractivity contribution is 5.09. The molecule has 43 heavy (non-hydrogen) atoms. The Bertz CT molecular complexity index is 698. The van der Waals surface area contributed by atoms with Crippen LogP contribution in [0.4, 0.5) is 0 Å². The smallest absolute Gasteiger partial charge is 0.0681 e. The van der Waals surface area contributed by atoms with E-state index in [0.29, 0.717) is 0 Å². The van der Waals surface area contributed by atoms with E-state index in [-0.39, 0.29) is 0 Å². The summed E-state index contributed by atoms with van der Waals surface area (Å²) in [4.78, 5) is 0. The molecule has 0 aromatic rings. The summed E-state index contributed by atoms with van der Waals surface area (Å²) in [7, 11) is 0. The lowest BCUT2D eigenvalue weighted by molar-refractivity contribution is 0.168. The van der Waals surface area contributed by atoms with Gasteiger partial charge in [0.15, 0.2) is 0 Å². The molecule has 0 N–H and O–H groups in total. The van der Waals surface area contributed by atoms with Crippen LogP contribution in [0.5, 0.6) is 0 Å². The van der Waals surface area contributed by atoms with Crippen molar-refractivity contribution in [2.24, 2.45) is 35.5 Å². The Kier molecular flexibility index (Phi) is 17.5. The molecule has 0 aliphatic heterocycles. The van der Waals surface area contributed by atoms with Crippen LogP contribution in [0.25, 0.3) is 0 Å². The summed E-state index contributed by atoms with van der Waals surface area (Å²) in [6.45, 7) is 6.42. The molecule has 0 radical (unpaired) electrons. The zero-order chi connectivity index (χ0) is 30.0. The van der Waals surface area contributed by atoms with Crippen LogP contribution in [-0.4, -0.2) is 13.2 Å². The largest absolute Gasteiger partial charge is 0.373 e. The van der Waals surface area contributed by atoms with Crippen molar-refractivity contribution in [3.63, 3.8) is 0 Å². The Morgan fingerprint density at radius 2 is 0.814 bits per heavy atom. The first-order chi connectivity index (χ1) is 21.2. The summed E-state index contributed by atoms with van der Waals surface area (Å²) in [6.07, 6.45) is 45.9. The molecule has 4 rings (SSSR count). The van der Waals surface area contributed by atoms with E-state index < -0.39 is 0 Å². The van der Waals surface area contributed by atoms with Crippen molar-refractivity contribution in [3.05, 3.63) is 23.3 Å². The third-order valence-electron chi connectivity index (χ3n) is 12.6. The van der Waals surface area contributed by atoms with Gasteiger partial charge in [-0.25, -0.2) is 0 Å². The van der Waals surface area contributed by atoms with Crippen molar-refractivity contribution >= 4 is 0 Å². The van der Waals surface area contributed by atoms with E-state index in [1.165, 1.54) is 180 Å². The zero-order valence-electron chi connectivity index (χ0n) is 29.2. The van der Waals surface area contributed by atoms with Gasteiger partial charge in [0.1, 0.15) is 0 Å². The van der Waals surface area contributed by atoms with Crippen molar-refractivity contribution in [1.82, 2.24) is 0 Å². The summed E-state index contributed by atoms with van der Waals surface area (Å²) in [5.41, 5.74) is 3.18. The average molecular weight is 595 g/mol. The number of hydrogen-bond donors (Lipinski definition) is 0. The molecular weight excluding hydrogens is 520 g/mol. The van der Waals surface area contributed by atoms with Crippen LogP contribution in [0, 0.1) is 35.5 Å². The van der Waals surface area contributed by atoms with Crippen LogP contribution in [-0.2, 0) is 4.74 Å². The first-order valence-electron chi connectivity index (χ1n) is 20.1. The molecule has 0 bridgehead atoms. The average Bonchev–Trinajstić information content (AvgIpc) is 3.05. The second-order valence-electron chi connectivity index (χ2n) is 16.1. The number of unbranched alkanes of at least 4 members (excludes halogenated alkanes) is 6. The van der Waals surface area contributed by atoms with E-state index in [1.807, 2.05) is 0 Å². The van der Waals surface area contributed by atoms with E-state index in [4.69, 9.17) is 4.74 Å². The van der Waals surface area contributed by atoms with Crippen LogP contribution in [0.3, 0.4) is 0 Å². The van der Waals surface area contributed by atoms with Crippen molar-refractivity contribution in [3.8, 4) is 0 Å². The highest BCUT2D eigenvalue weighted by Crippen LogP contribution is 2.38. The van der Waals surface area contributed by atoms with E-state index in [0.717, 1.165) is 48.7 Å². The van der Waals surface area contributed by atoms with Crippen LogP contribution < -0.4 is 0 Å². The van der Waals surface area contributed by atoms with Crippen molar-refractivity contribution < 1.29 is 4.74 Å². The molecule has 1 nitrogen and oxygen atoms in total. The molecule has 0 aromatic carbocycles. The number of hydrogen-bond acceptors (Lipinski definition) is 1. The minimum absolute atomic E-state index is 0.886. The lowest BCUT2D eigenvalue weighted by atomic mass is 9.76. The summed E-state index contributed by atoms with van der Waals surface area (Å²) in [6, 6.07) is 0. The van der Waals surface area contributed by atoms with Gasteiger partial charge in [0, 0.05) is 0 Å². The highest BCUT2D eigenvalue weighted by Gasteiger charge is 2.24. The second-order valence-corrected chi connectivity index (χ2v) is 16.1. The van der Waals surface area contributed by atoms with E-state index in [9.17, 15) is 0 Å². The maximum absolute atomic E-state index is 6.26. The van der Waals surface area contributed by atoms with Gasteiger partial charge in [-0.2, -0.15) is 0 Å². The van der Waals surface area contributed by atoms with Crippen LogP contribution in [0.2, 0.25) is 0 Å². The monoisotopic (exact) mass is 595 g/mol. The molecule has 0 spiro atoms. The van der Waals surface area contributed by atoms with Crippen LogP contribution in [0.1, 0.15) is 194 Å². The van der Waals surface area contributed by atoms with Gasteiger partial charge in [-0.05, 0) is 98.0 Å². The maximum Gasteiger partial charge on any atom is 0.0681 e. The Labute approximate surface area is 269 Å². The summed E-state index contributed by atoms with van der Waals surface area (Å²) < 4.78 is 6.26. The molecule has 4 aliphatic rings. The number of ether oxygens (including phenoxy) is 1. The molecule has 0 amide bonds. The lowest BCUT2D eigenvalue weighted by Gasteiger charge is -2.30. The Balaban J connectivity index is 0.985. The molecule has 2 atom stereocenters. The molecule has 0 heterocycles. The first kappa shape index (κ1) is 35.3. The lowest BCUT2D eigenvalue weighted by Crippen LogP contribution is -2.17. The highest BCUT2D eigenvalue weighted by atomic mass is 16.5. The normalized spacial score (nSPS) is 30.2. The quantitative estimate of drug-likeness (QED) is 0.101. The van der Waals surface area contributed by atoms with Gasteiger partial charge in [-0.1, -0.05) is 154 Å². The zero-order valence-corrected chi connectivity index (χ0v) is 29.2. The van der Waals surface area contributed by atoms with E-state index in [1.54, 1.807) is 11.1 Å². The minimum atomic E-state index is 0.886. The number of rotatable bonds is 20. The Hall–Kier alpha value is -0.560. The molecule has 4 aliphatic carbocycles.